The number of carbonyl (C=O) groups is 1. The number of halogens is 1. The summed E-state index contributed by atoms with van der Waals surface area (Å²) in [7, 11) is -7.39. The molecule has 1 aromatic carbocycles. The Labute approximate surface area is 212 Å². The zero-order valence-corrected chi connectivity index (χ0v) is 23.2. The molecule has 0 N–H and O–H groups in total. The Bertz CT molecular complexity index is 1240. The van der Waals surface area contributed by atoms with E-state index in [9.17, 15) is 17.8 Å². The largest absolute Gasteiger partial charge is 0.382 e. The molecule has 8 nitrogen and oxygen atoms in total. The highest BCUT2D eigenvalue weighted by molar-refractivity contribution is 7.89. The van der Waals surface area contributed by atoms with Crippen LogP contribution in [0.15, 0.2) is 63.6 Å². The number of nitrogens with zero attached hydrogens (tertiary/aromatic N) is 1. The van der Waals surface area contributed by atoms with E-state index < -0.39 is 34.3 Å². The number of rotatable bonds is 8. The average molecular weight is 544 g/mol. The Morgan fingerprint density at radius 2 is 1.71 bits per heavy atom. The minimum atomic E-state index is -4.34. The molecule has 1 aliphatic heterocycles. The maximum Gasteiger partial charge on any atom is 0.382 e. The molecule has 11 heteroatoms. The summed E-state index contributed by atoms with van der Waals surface area (Å²) in [6, 6.07) is 6.31. The monoisotopic (exact) mass is 543 g/mol. The molecule has 1 fully saturated rings. The molecule has 2 atom stereocenters. The molecule has 0 radical (unpaired) electrons. The third kappa shape index (κ3) is 4.42. The summed E-state index contributed by atoms with van der Waals surface area (Å²) in [5.41, 5.74) is -1.55. The Morgan fingerprint density at radius 3 is 2.17 bits per heavy atom. The van der Waals surface area contributed by atoms with Crippen molar-refractivity contribution in [1.82, 2.24) is 4.31 Å². The van der Waals surface area contributed by atoms with Crippen molar-refractivity contribution < 1.29 is 31.6 Å². The van der Waals surface area contributed by atoms with Gasteiger partial charge in [0.2, 0.25) is 10.0 Å². The fourth-order valence-corrected chi connectivity index (χ4v) is 9.64. The molecule has 2 unspecified atom stereocenters. The third-order valence-electron chi connectivity index (χ3n) is 6.05. The number of hydrogen-bond acceptors (Lipinski definition) is 7. The van der Waals surface area contributed by atoms with Crippen molar-refractivity contribution in [2.45, 2.75) is 45.0 Å². The van der Waals surface area contributed by atoms with Crippen LogP contribution in [0, 0.1) is 12.3 Å². The number of methoxy groups -OCH3 is 1. The van der Waals surface area contributed by atoms with E-state index in [0.717, 1.165) is 9.87 Å². The minimum Gasteiger partial charge on any atom is -0.348 e. The first-order chi connectivity index (χ1) is 16.3. The number of ether oxygens (including phenoxy) is 1. The van der Waals surface area contributed by atoms with Crippen LogP contribution in [0.25, 0.3) is 0 Å². The molecule has 0 saturated carbocycles. The number of allylic oxidation sites excluding steroid dienone is 3. The van der Waals surface area contributed by atoms with Crippen LogP contribution >= 0.6 is 19.2 Å². The predicted octanol–water partition coefficient (Wildman–Crippen LogP) is 5.15. The van der Waals surface area contributed by atoms with E-state index >= 15 is 0 Å². The van der Waals surface area contributed by atoms with Gasteiger partial charge in [-0.2, -0.15) is 4.31 Å². The topological polar surface area (TPSA) is 99.2 Å². The highest BCUT2D eigenvalue weighted by atomic mass is 35.5. The summed E-state index contributed by atoms with van der Waals surface area (Å²) in [6.07, 6.45) is 4.35. The molecule has 2 aliphatic rings. The van der Waals surface area contributed by atoms with Crippen molar-refractivity contribution >= 4 is 35.0 Å². The second kappa shape index (κ2) is 10.1. The van der Waals surface area contributed by atoms with E-state index in [2.05, 4.69) is 0 Å². The molecular weight excluding hydrogens is 513 g/mol. The summed E-state index contributed by atoms with van der Waals surface area (Å²) < 4.78 is 61.3. The molecule has 0 amide bonds. The minimum absolute atomic E-state index is 0.0137. The van der Waals surface area contributed by atoms with Gasteiger partial charge in [0.15, 0.2) is 5.78 Å². The van der Waals surface area contributed by atoms with Crippen molar-refractivity contribution in [1.29, 1.82) is 0 Å². The molecule has 1 heterocycles. The van der Waals surface area contributed by atoms with Crippen molar-refractivity contribution in [3.63, 3.8) is 0 Å². The van der Waals surface area contributed by atoms with Crippen LogP contribution in [0.2, 0.25) is 0 Å². The van der Waals surface area contributed by atoms with Gasteiger partial charge in [0.25, 0.3) is 5.47 Å². The van der Waals surface area contributed by atoms with Crippen LogP contribution in [0.1, 0.15) is 33.3 Å². The van der Waals surface area contributed by atoms with Gasteiger partial charge in [-0.1, -0.05) is 40.9 Å². The van der Waals surface area contributed by atoms with Crippen molar-refractivity contribution in [2.24, 2.45) is 5.41 Å². The SMILES string of the molecule is CCOP(=O)(OCC)C1(OC)C(=C(C)C)C2(C=CC(=O)C(Cl)=C2)CN1S(=O)(=O)c1ccc(C)cc1. The van der Waals surface area contributed by atoms with Gasteiger partial charge < -0.3 is 13.8 Å². The average Bonchev–Trinajstić information content (AvgIpc) is 3.09. The molecule has 0 bridgehead atoms. The van der Waals surface area contributed by atoms with Crippen molar-refractivity contribution in [3.8, 4) is 0 Å². The first-order valence-electron chi connectivity index (χ1n) is 11.2. The van der Waals surface area contributed by atoms with Gasteiger partial charge in [-0.15, -0.1) is 0 Å². The third-order valence-corrected chi connectivity index (χ3v) is 10.9. The van der Waals surface area contributed by atoms with Crippen molar-refractivity contribution in [2.75, 3.05) is 26.9 Å². The number of sulfonamides is 1. The molecule has 1 aliphatic carbocycles. The Kier molecular flexibility index (Phi) is 8.04. The van der Waals surface area contributed by atoms with Crippen LogP contribution in [0.4, 0.5) is 0 Å². The van der Waals surface area contributed by atoms with Crippen LogP contribution in [-0.4, -0.2) is 50.8 Å². The van der Waals surface area contributed by atoms with Gasteiger partial charge in [-0.05, 0) is 58.9 Å². The lowest BCUT2D eigenvalue weighted by Gasteiger charge is -2.42. The van der Waals surface area contributed by atoms with E-state index in [1.807, 2.05) is 6.92 Å². The van der Waals surface area contributed by atoms with Crippen LogP contribution in [-0.2, 0) is 33.2 Å². The Morgan fingerprint density at radius 1 is 1.14 bits per heavy atom. The van der Waals surface area contributed by atoms with Gasteiger partial charge in [0.1, 0.15) is 0 Å². The van der Waals surface area contributed by atoms with Crippen molar-refractivity contribution in [3.05, 3.63) is 64.2 Å². The lowest BCUT2D eigenvalue weighted by Crippen LogP contribution is -2.50. The van der Waals surface area contributed by atoms with Crippen LogP contribution in [0.3, 0.4) is 0 Å². The Hall–Kier alpha value is -1.58. The smallest absolute Gasteiger partial charge is 0.348 e. The van der Waals surface area contributed by atoms with Gasteiger partial charge >= 0.3 is 7.60 Å². The number of carbonyl (C=O) groups excluding carboxylic acids is 1. The maximum atomic E-state index is 14.5. The quantitative estimate of drug-likeness (QED) is 0.330. The van der Waals surface area contributed by atoms with Crippen LogP contribution in [0.5, 0.6) is 0 Å². The maximum absolute atomic E-state index is 14.5. The number of aryl methyl sites for hydroxylation is 1. The highest BCUT2D eigenvalue weighted by Gasteiger charge is 2.71. The lowest BCUT2D eigenvalue weighted by atomic mass is 9.77. The van der Waals surface area contributed by atoms with E-state index in [4.69, 9.17) is 25.4 Å². The fourth-order valence-electron chi connectivity index (χ4n) is 4.77. The lowest BCUT2D eigenvalue weighted by molar-refractivity contribution is -0.111. The molecular formula is C24H31ClNO7PS. The standard InChI is InChI=1S/C24H31ClNO7PS/c1-7-32-34(28,33-8-2)24(31-6)22(17(3)4)23(14-13-21(27)20(25)15-23)16-26(24)35(29,30)19-11-9-18(5)10-12-19/h9-15H,7-8,16H2,1-6H3. The van der Waals surface area contributed by atoms with E-state index in [0.29, 0.717) is 11.1 Å². The summed E-state index contributed by atoms with van der Waals surface area (Å²) in [5.74, 6) is -0.411. The number of benzene rings is 1. The summed E-state index contributed by atoms with van der Waals surface area (Å²) in [5, 5.41) is -0.0755. The second-order valence-corrected chi connectivity index (χ2v) is 13.0. The molecule has 35 heavy (non-hydrogen) atoms. The normalized spacial score (nSPS) is 25.4. The van der Waals surface area contributed by atoms with Gasteiger partial charge in [0, 0.05) is 24.6 Å². The van der Waals surface area contributed by atoms with Gasteiger partial charge in [-0.25, -0.2) is 8.42 Å². The number of hydrogen-bond donors (Lipinski definition) is 0. The zero-order chi connectivity index (χ0) is 26.2. The molecule has 0 aromatic heterocycles. The molecule has 1 aromatic rings. The van der Waals surface area contributed by atoms with Crippen LogP contribution < -0.4 is 0 Å². The predicted molar refractivity (Wildman–Crippen MR) is 135 cm³/mol. The van der Waals surface area contributed by atoms with E-state index in [1.165, 1.54) is 31.4 Å². The first-order valence-corrected chi connectivity index (χ1v) is 14.6. The first kappa shape index (κ1) is 28.0. The fraction of sp³-hybridized carbons (Fsp3) is 0.458. The van der Waals surface area contributed by atoms with E-state index in [1.54, 1.807) is 45.9 Å². The molecule has 1 saturated heterocycles. The number of ketones is 1. The highest BCUT2D eigenvalue weighted by Crippen LogP contribution is 2.72. The summed E-state index contributed by atoms with van der Waals surface area (Å²) >= 11 is 6.27. The summed E-state index contributed by atoms with van der Waals surface area (Å²) in [4.78, 5) is 12.2. The van der Waals surface area contributed by atoms with Gasteiger partial charge in [-0.3, -0.25) is 9.36 Å². The molecule has 1 spiro atoms. The zero-order valence-electron chi connectivity index (χ0n) is 20.7. The second-order valence-electron chi connectivity index (χ2n) is 8.58. The summed E-state index contributed by atoms with van der Waals surface area (Å²) in [6.45, 7) is 8.35. The van der Waals surface area contributed by atoms with E-state index in [-0.39, 0.29) is 29.7 Å². The molecule has 3 rings (SSSR count). The molecule has 192 valence electrons. The van der Waals surface area contributed by atoms with Gasteiger partial charge in [0.05, 0.1) is 23.1 Å². The Balaban J connectivity index is 2.45.